The summed E-state index contributed by atoms with van der Waals surface area (Å²) in [7, 11) is 0. The Hall–Kier alpha value is -0.570. The summed E-state index contributed by atoms with van der Waals surface area (Å²) in [6, 6.07) is -0.378. The zero-order valence-electron chi connectivity index (χ0n) is 6.68. The van der Waals surface area contributed by atoms with Crippen molar-refractivity contribution in [2.75, 3.05) is 6.54 Å². The maximum absolute atomic E-state index is 10.8. The molecule has 60 valence electrons. The fourth-order valence-electron chi connectivity index (χ4n) is 0.549. The third-order valence-electron chi connectivity index (χ3n) is 1.24. The Morgan fingerprint density at radius 3 is 2.70 bits per heavy atom. The topological polar surface area (TPSA) is 55.1 Å². The Labute approximate surface area is 62.0 Å². The number of hydrogen-bond acceptors (Lipinski definition) is 2. The van der Waals surface area contributed by atoms with Crippen molar-refractivity contribution in [2.45, 2.75) is 32.7 Å². The van der Waals surface area contributed by atoms with Gasteiger partial charge in [-0.3, -0.25) is 4.79 Å². The van der Waals surface area contributed by atoms with Crippen LogP contribution in [0.3, 0.4) is 0 Å². The summed E-state index contributed by atoms with van der Waals surface area (Å²) in [4.78, 5) is 10.8. The van der Waals surface area contributed by atoms with Crippen molar-refractivity contribution in [3.8, 4) is 0 Å². The first kappa shape index (κ1) is 9.43. The second-order valence-corrected chi connectivity index (χ2v) is 2.43. The molecule has 3 heteroatoms. The molecule has 0 aromatic rings. The fourth-order valence-corrected chi connectivity index (χ4v) is 0.549. The van der Waals surface area contributed by atoms with Crippen LogP contribution in [0.2, 0.25) is 0 Å². The summed E-state index contributed by atoms with van der Waals surface area (Å²) in [5, 5.41) is 2.72. The van der Waals surface area contributed by atoms with Crippen molar-refractivity contribution < 1.29 is 4.79 Å². The van der Waals surface area contributed by atoms with Gasteiger partial charge in [0.05, 0.1) is 6.04 Å². The van der Waals surface area contributed by atoms with Gasteiger partial charge in [0.25, 0.3) is 0 Å². The molecule has 1 atom stereocenters. The van der Waals surface area contributed by atoms with Crippen LogP contribution in [-0.2, 0) is 4.79 Å². The van der Waals surface area contributed by atoms with Crippen LogP contribution in [0.15, 0.2) is 0 Å². The number of nitrogens with two attached hydrogens (primary N) is 1. The summed E-state index contributed by atoms with van der Waals surface area (Å²) in [6.07, 6.45) is 2.12. The van der Waals surface area contributed by atoms with E-state index < -0.39 is 0 Å². The highest BCUT2D eigenvalue weighted by atomic mass is 16.2. The van der Waals surface area contributed by atoms with E-state index in [0.29, 0.717) is 0 Å². The SMILES string of the molecule is CCCCN[13C](=O)[C@H](C)N. The molecular weight excluding hydrogens is 129 g/mol. The van der Waals surface area contributed by atoms with Gasteiger partial charge in [0, 0.05) is 6.54 Å². The van der Waals surface area contributed by atoms with E-state index in [9.17, 15) is 4.79 Å². The van der Waals surface area contributed by atoms with E-state index in [0.717, 1.165) is 19.4 Å². The van der Waals surface area contributed by atoms with Crippen molar-refractivity contribution >= 4 is 5.91 Å². The number of rotatable bonds is 4. The Bertz CT molecular complexity index is 102. The first-order chi connectivity index (χ1) is 4.68. The minimum atomic E-state index is -0.378. The van der Waals surface area contributed by atoms with E-state index in [1.165, 1.54) is 0 Å². The van der Waals surface area contributed by atoms with E-state index in [1.807, 2.05) is 0 Å². The summed E-state index contributed by atoms with van der Waals surface area (Å²) >= 11 is 0. The number of amides is 1. The number of hydrogen-bond donors (Lipinski definition) is 2. The van der Waals surface area contributed by atoms with Gasteiger partial charge < -0.3 is 11.1 Å². The van der Waals surface area contributed by atoms with Gasteiger partial charge in [-0.2, -0.15) is 0 Å². The molecule has 0 aliphatic heterocycles. The lowest BCUT2D eigenvalue weighted by Gasteiger charge is -2.05. The van der Waals surface area contributed by atoms with Crippen molar-refractivity contribution in [3.05, 3.63) is 0 Å². The summed E-state index contributed by atoms with van der Waals surface area (Å²) in [6.45, 7) is 4.51. The monoisotopic (exact) mass is 145 g/mol. The molecule has 0 aliphatic carbocycles. The van der Waals surface area contributed by atoms with Gasteiger partial charge in [-0.25, -0.2) is 0 Å². The van der Waals surface area contributed by atoms with Crippen LogP contribution in [-0.4, -0.2) is 18.5 Å². The highest BCUT2D eigenvalue weighted by Crippen LogP contribution is 1.83. The molecule has 3 nitrogen and oxygen atoms in total. The number of carbonyl (C=O) groups is 1. The van der Waals surface area contributed by atoms with Crippen LogP contribution in [0.4, 0.5) is 0 Å². The fraction of sp³-hybridized carbons (Fsp3) is 0.857. The predicted octanol–water partition coefficient (Wildman–Crippen LogP) is 0.250. The highest BCUT2D eigenvalue weighted by molar-refractivity contribution is 5.80. The molecule has 0 bridgehead atoms. The lowest BCUT2D eigenvalue weighted by Crippen LogP contribution is -2.38. The van der Waals surface area contributed by atoms with Crippen molar-refractivity contribution in [2.24, 2.45) is 5.73 Å². The Balaban J connectivity index is 3.22. The molecule has 0 rings (SSSR count). The second-order valence-electron chi connectivity index (χ2n) is 2.43. The Morgan fingerprint density at radius 2 is 2.30 bits per heavy atom. The number of unbranched alkanes of at least 4 members (excludes halogenated alkanes) is 1. The van der Waals surface area contributed by atoms with Crippen molar-refractivity contribution in [3.63, 3.8) is 0 Å². The van der Waals surface area contributed by atoms with E-state index in [2.05, 4.69) is 12.2 Å². The van der Waals surface area contributed by atoms with Gasteiger partial charge in [-0.05, 0) is 13.3 Å². The van der Waals surface area contributed by atoms with Gasteiger partial charge in [-0.1, -0.05) is 13.3 Å². The first-order valence-electron chi connectivity index (χ1n) is 3.71. The van der Waals surface area contributed by atoms with Crippen molar-refractivity contribution in [1.29, 1.82) is 0 Å². The van der Waals surface area contributed by atoms with Crippen LogP contribution in [0.1, 0.15) is 26.7 Å². The molecule has 1 amide bonds. The lowest BCUT2D eigenvalue weighted by molar-refractivity contribution is -0.121. The van der Waals surface area contributed by atoms with Crippen LogP contribution in [0.5, 0.6) is 0 Å². The van der Waals surface area contributed by atoms with Crippen molar-refractivity contribution in [1.82, 2.24) is 5.32 Å². The molecule has 0 spiro atoms. The molecule has 0 saturated carbocycles. The molecule has 3 N–H and O–H groups in total. The minimum Gasteiger partial charge on any atom is -0.355 e. The maximum atomic E-state index is 10.8. The first-order valence-corrected chi connectivity index (χ1v) is 3.71. The third kappa shape index (κ3) is 4.32. The lowest BCUT2D eigenvalue weighted by atomic mass is 10.3. The zero-order chi connectivity index (χ0) is 7.98. The number of carbonyl (C=O) groups excluding carboxylic acids is 1. The molecule has 0 aromatic carbocycles. The Kier molecular flexibility index (Phi) is 4.94. The largest absolute Gasteiger partial charge is 0.355 e. The van der Waals surface area contributed by atoms with Gasteiger partial charge in [0.1, 0.15) is 0 Å². The number of nitrogens with one attached hydrogen (secondary N) is 1. The van der Waals surface area contributed by atoms with Gasteiger partial charge in [-0.15, -0.1) is 0 Å². The van der Waals surface area contributed by atoms with Crippen LogP contribution in [0.25, 0.3) is 0 Å². The van der Waals surface area contributed by atoms with Crippen LogP contribution in [0, 0.1) is 0 Å². The van der Waals surface area contributed by atoms with Crippen LogP contribution >= 0.6 is 0 Å². The average molecular weight is 145 g/mol. The summed E-state index contributed by atoms with van der Waals surface area (Å²) in [5.41, 5.74) is 5.31. The molecule has 0 aromatic heterocycles. The molecule has 0 fully saturated rings. The highest BCUT2D eigenvalue weighted by Gasteiger charge is 2.03. The van der Waals surface area contributed by atoms with Gasteiger partial charge >= 0.3 is 0 Å². The normalized spacial score (nSPS) is 12.7. The molecule has 10 heavy (non-hydrogen) atoms. The van der Waals surface area contributed by atoms with Gasteiger partial charge in [0.2, 0.25) is 5.91 Å². The predicted molar refractivity (Wildman–Crippen MR) is 41.6 cm³/mol. The summed E-state index contributed by atoms with van der Waals surface area (Å²) in [5.74, 6) is -0.0616. The average Bonchev–Trinajstić information content (AvgIpc) is 1.88. The summed E-state index contributed by atoms with van der Waals surface area (Å²) < 4.78 is 0. The second kappa shape index (κ2) is 5.23. The van der Waals surface area contributed by atoms with Crippen LogP contribution < -0.4 is 11.1 Å². The van der Waals surface area contributed by atoms with Gasteiger partial charge in [0.15, 0.2) is 0 Å². The quantitative estimate of drug-likeness (QED) is 0.440. The van der Waals surface area contributed by atoms with E-state index in [4.69, 9.17) is 5.73 Å². The minimum absolute atomic E-state index is 0.0616. The molecule has 0 saturated heterocycles. The molecular formula is C7H16N2O. The molecule has 0 unspecified atom stereocenters. The maximum Gasteiger partial charge on any atom is 0.236 e. The molecule has 0 radical (unpaired) electrons. The molecule has 0 heterocycles. The Morgan fingerprint density at radius 1 is 1.70 bits per heavy atom. The third-order valence-corrected chi connectivity index (χ3v) is 1.24. The zero-order valence-corrected chi connectivity index (χ0v) is 6.68. The smallest absolute Gasteiger partial charge is 0.236 e. The molecule has 0 aliphatic rings. The van der Waals surface area contributed by atoms with E-state index >= 15 is 0 Å². The standard InChI is InChI=1S/C7H16N2O/c1-3-4-5-9-7(10)6(2)8/h6H,3-5,8H2,1-2H3,(H,9,10)/t6-/m0/s1/i7+1. The van der Waals surface area contributed by atoms with E-state index in [1.54, 1.807) is 6.92 Å². The van der Waals surface area contributed by atoms with E-state index in [-0.39, 0.29) is 11.9 Å².